The highest BCUT2D eigenvalue weighted by Crippen LogP contribution is 2.19. The Kier molecular flexibility index (Phi) is 13.3. The van der Waals surface area contributed by atoms with Crippen molar-refractivity contribution < 1.29 is 54.6 Å². The van der Waals surface area contributed by atoms with Crippen LogP contribution in [0.25, 0.3) is 10.9 Å². The monoisotopic (exact) mass is 595 g/mol. The normalized spacial score (nSPS) is 15.5. The second-order valence-electron chi connectivity index (χ2n) is 9.70. The van der Waals surface area contributed by atoms with Crippen LogP contribution < -0.4 is 21.7 Å². The lowest BCUT2D eigenvalue weighted by Crippen LogP contribution is -2.54. The summed E-state index contributed by atoms with van der Waals surface area (Å²) in [5.41, 5.74) is 6.96. The number of carbonyl (C=O) groups is 5. The van der Waals surface area contributed by atoms with E-state index in [1.54, 1.807) is 12.3 Å². The number of aromatic amines is 1. The van der Waals surface area contributed by atoms with Gasteiger partial charge < -0.3 is 57.3 Å². The Bertz CT molecular complexity index is 1240. The number of nitrogens with two attached hydrogens (primary N) is 1. The molecule has 42 heavy (non-hydrogen) atoms. The molecule has 2 rings (SSSR count). The van der Waals surface area contributed by atoms with Gasteiger partial charge in [0.15, 0.2) is 0 Å². The van der Waals surface area contributed by atoms with Crippen LogP contribution in [0.2, 0.25) is 0 Å². The Labute approximate surface area is 239 Å². The van der Waals surface area contributed by atoms with Gasteiger partial charge in [0.25, 0.3) is 0 Å². The third kappa shape index (κ3) is 10.4. The fraction of sp³-hybridized carbons (Fsp3) is 0.500. The van der Waals surface area contributed by atoms with Crippen LogP contribution in [0, 0.1) is 0 Å². The number of aliphatic hydroxyl groups excluding tert-OH is 5. The predicted molar refractivity (Wildman–Crippen MR) is 145 cm³/mol. The van der Waals surface area contributed by atoms with Crippen LogP contribution in [0.4, 0.5) is 0 Å². The quantitative estimate of drug-likeness (QED) is 0.0799. The van der Waals surface area contributed by atoms with Crippen molar-refractivity contribution in [3.05, 3.63) is 36.0 Å². The predicted octanol–water partition coefficient (Wildman–Crippen LogP) is -3.64. The number of carbonyl (C=O) groups excluding carboxylic acids is 4. The molecule has 0 unspecified atom stereocenters. The van der Waals surface area contributed by atoms with Gasteiger partial charge in [-0.25, -0.2) is 0 Å². The van der Waals surface area contributed by atoms with Gasteiger partial charge in [0.05, 0.1) is 19.1 Å². The molecule has 0 saturated carbocycles. The number of aromatic nitrogens is 1. The minimum atomic E-state index is -1.85. The number of hydrogen-bond acceptors (Lipinski definition) is 10. The van der Waals surface area contributed by atoms with Crippen LogP contribution in [0.3, 0.4) is 0 Å². The standard InChI is InChI=1S/C26H37N5O11/c27-25(41)16(8-13-10-28-15-5-2-1-4-14(13)15)31-26(42)17(9-22(37)38)30-21(36)7-3-6-20(35)29-11-18(33)23(39)24(40)19(34)12-32/h1-2,4-5,10,16-19,23-24,28,32-34,39-40H,3,6-9,11-12H2,(H2,27,41)(H,29,35)(H,30,36)(H,31,42)(H,37,38)/t16-,17-,18-,19+,23+,24+/m0/s1. The summed E-state index contributed by atoms with van der Waals surface area (Å²) in [7, 11) is 0. The zero-order chi connectivity index (χ0) is 31.4. The SMILES string of the molecule is NC(=O)[C@H](Cc1c[nH]c2ccccc12)NC(=O)[C@H](CC(=O)O)NC(=O)CCCC(=O)NC[C@H](O)[C@@H](O)[C@H](O)[C@H](O)CO. The highest BCUT2D eigenvalue weighted by molar-refractivity contribution is 5.94. The molecular weight excluding hydrogens is 558 g/mol. The van der Waals surface area contributed by atoms with Gasteiger partial charge in [-0.05, 0) is 18.1 Å². The maximum Gasteiger partial charge on any atom is 0.305 e. The van der Waals surface area contributed by atoms with Crippen molar-refractivity contribution in [3.8, 4) is 0 Å². The van der Waals surface area contributed by atoms with E-state index in [0.717, 1.165) is 10.9 Å². The van der Waals surface area contributed by atoms with Crippen LogP contribution in [-0.2, 0) is 30.4 Å². The molecular formula is C26H37N5O11. The summed E-state index contributed by atoms with van der Waals surface area (Å²) in [5.74, 6) is -4.56. The highest BCUT2D eigenvalue weighted by atomic mass is 16.4. The highest BCUT2D eigenvalue weighted by Gasteiger charge is 2.30. The van der Waals surface area contributed by atoms with Crippen LogP contribution in [-0.4, -0.2) is 115 Å². The number of hydrogen-bond donors (Lipinski definition) is 11. The molecule has 1 heterocycles. The fourth-order valence-electron chi connectivity index (χ4n) is 4.07. The number of nitrogens with one attached hydrogen (secondary N) is 4. The molecule has 1 aromatic heterocycles. The lowest BCUT2D eigenvalue weighted by molar-refractivity contribution is -0.141. The Morgan fingerprint density at radius 2 is 1.52 bits per heavy atom. The molecule has 0 fully saturated rings. The summed E-state index contributed by atoms with van der Waals surface area (Å²) < 4.78 is 0. The molecule has 232 valence electrons. The smallest absolute Gasteiger partial charge is 0.305 e. The molecule has 0 aliphatic carbocycles. The second kappa shape index (κ2) is 16.4. The number of primary amides is 1. The number of rotatable bonds is 18. The first kappa shape index (κ1) is 34.1. The number of H-pyrrole nitrogens is 1. The number of para-hydroxylation sites is 1. The first-order valence-electron chi connectivity index (χ1n) is 13.1. The van der Waals surface area contributed by atoms with Crippen molar-refractivity contribution in [1.82, 2.24) is 20.9 Å². The molecule has 16 heteroatoms. The average Bonchev–Trinajstić information content (AvgIpc) is 3.36. The van der Waals surface area contributed by atoms with E-state index in [0.29, 0.717) is 5.56 Å². The molecule has 2 aromatic rings. The molecule has 16 nitrogen and oxygen atoms in total. The Balaban J connectivity index is 1.87. The average molecular weight is 596 g/mol. The van der Waals surface area contributed by atoms with E-state index in [2.05, 4.69) is 20.9 Å². The number of amides is 4. The molecule has 4 amide bonds. The molecule has 12 N–H and O–H groups in total. The number of carboxylic acids is 1. The lowest BCUT2D eigenvalue weighted by Gasteiger charge is -2.25. The zero-order valence-electron chi connectivity index (χ0n) is 22.6. The van der Waals surface area contributed by atoms with Crippen molar-refractivity contribution in [2.45, 2.75) is 68.6 Å². The minimum Gasteiger partial charge on any atom is -0.481 e. The van der Waals surface area contributed by atoms with Crippen LogP contribution >= 0.6 is 0 Å². The Morgan fingerprint density at radius 3 is 2.17 bits per heavy atom. The second-order valence-corrected chi connectivity index (χ2v) is 9.70. The lowest BCUT2D eigenvalue weighted by atomic mass is 10.0. The topological polar surface area (TPSA) is 285 Å². The van der Waals surface area contributed by atoms with Crippen LogP contribution in [0.5, 0.6) is 0 Å². The summed E-state index contributed by atoms with van der Waals surface area (Å²) >= 11 is 0. The first-order chi connectivity index (χ1) is 19.8. The summed E-state index contributed by atoms with van der Waals surface area (Å²) in [6.07, 6.45) is -6.71. The van der Waals surface area contributed by atoms with E-state index in [-0.39, 0.29) is 25.7 Å². The molecule has 0 spiro atoms. The number of benzene rings is 1. The molecule has 0 saturated heterocycles. The van der Waals surface area contributed by atoms with Gasteiger partial charge in [-0.2, -0.15) is 0 Å². The van der Waals surface area contributed by atoms with Gasteiger partial charge in [0, 0.05) is 42.9 Å². The molecule has 6 atom stereocenters. The van der Waals surface area contributed by atoms with E-state index in [4.69, 9.17) is 10.8 Å². The van der Waals surface area contributed by atoms with Gasteiger partial charge in [0.1, 0.15) is 30.4 Å². The van der Waals surface area contributed by atoms with Gasteiger partial charge in [-0.1, -0.05) is 18.2 Å². The van der Waals surface area contributed by atoms with Crippen LogP contribution in [0.15, 0.2) is 30.5 Å². The third-order valence-electron chi connectivity index (χ3n) is 6.43. The molecule has 1 aromatic carbocycles. The van der Waals surface area contributed by atoms with E-state index < -0.39 is 85.7 Å². The van der Waals surface area contributed by atoms with Gasteiger partial charge in [-0.3, -0.25) is 24.0 Å². The maximum absolute atomic E-state index is 12.9. The number of aliphatic hydroxyl groups is 5. The van der Waals surface area contributed by atoms with Crippen molar-refractivity contribution in [2.75, 3.05) is 13.2 Å². The number of carboxylic acid groups (broad SMARTS) is 1. The van der Waals surface area contributed by atoms with Gasteiger partial charge in [-0.15, -0.1) is 0 Å². The maximum atomic E-state index is 12.9. The molecule has 0 bridgehead atoms. The molecule has 0 radical (unpaired) electrons. The number of aliphatic carboxylic acids is 1. The zero-order valence-corrected chi connectivity index (χ0v) is 22.6. The van der Waals surface area contributed by atoms with Gasteiger partial charge in [0.2, 0.25) is 23.6 Å². The van der Waals surface area contributed by atoms with E-state index in [1.165, 1.54) is 0 Å². The minimum absolute atomic E-state index is 0.0145. The van der Waals surface area contributed by atoms with Crippen molar-refractivity contribution >= 4 is 40.5 Å². The largest absolute Gasteiger partial charge is 0.481 e. The summed E-state index contributed by atoms with van der Waals surface area (Å²) in [4.78, 5) is 63.7. The van der Waals surface area contributed by atoms with E-state index in [1.807, 2.05) is 18.2 Å². The van der Waals surface area contributed by atoms with Crippen molar-refractivity contribution in [1.29, 1.82) is 0 Å². The Hall–Kier alpha value is -4.09. The molecule has 0 aliphatic rings. The van der Waals surface area contributed by atoms with Crippen molar-refractivity contribution in [3.63, 3.8) is 0 Å². The summed E-state index contributed by atoms with van der Waals surface area (Å²) in [5, 5.41) is 64.3. The Morgan fingerprint density at radius 1 is 0.881 bits per heavy atom. The third-order valence-corrected chi connectivity index (χ3v) is 6.43. The summed E-state index contributed by atoms with van der Waals surface area (Å²) in [6, 6.07) is 4.52. The first-order valence-corrected chi connectivity index (χ1v) is 13.1. The fourth-order valence-corrected chi connectivity index (χ4v) is 4.07. The van der Waals surface area contributed by atoms with Crippen LogP contribution in [0.1, 0.15) is 31.2 Å². The van der Waals surface area contributed by atoms with Gasteiger partial charge >= 0.3 is 5.97 Å². The van der Waals surface area contributed by atoms with E-state index in [9.17, 15) is 49.5 Å². The molecule has 0 aliphatic heterocycles. The van der Waals surface area contributed by atoms with E-state index >= 15 is 0 Å². The van der Waals surface area contributed by atoms with Crippen molar-refractivity contribution in [2.24, 2.45) is 5.73 Å². The summed E-state index contributed by atoms with van der Waals surface area (Å²) in [6.45, 7) is -1.35. The number of fused-ring (bicyclic) bond motifs is 1.